The van der Waals surface area contributed by atoms with Gasteiger partial charge >= 0.3 is 0 Å². The monoisotopic (exact) mass is 371 g/mol. The van der Waals surface area contributed by atoms with E-state index in [1.165, 1.54) is 16.8 Å². The molecule has 2 aromatic carbocycles. The number of amides is 1. The molecule has 134 valence electrons. The summed E-state index contributed by atoms with van der Waals surface area (Å²) in [5.74, 6) is -0.590. The van der Waals surface area contributed by atoms with Gasteiger partial charge in [0.25, 0.3) is 5.91 Å². The molecule has 0 saturated carbocycles. The fraction of sp³-hybridized carbons (Fsp3) is 0.200. The van der Waals surface area contributed by atoms with E-state index >= 15 is 0 Å². The van der Waals surface area contributed by atoms with Crippen molar-refractivity contribution in [3.8, 4) is 16.9 Å². The lowest BCUT2D eigenvalue weighted by Gasteiger charge is -2.12. The van der Waals surface area contributed by atoms with Crippen LogP contribution in [0.25, 0.3) is 16.9 Å². The van der Waals surface area contributed by atoms with Crippen LogP contribution in [0.3, 0.4) is 0 Å². The number of hydrogen-bond donors (Lipinski definition) is 1. The molecule has 0 fully saturated rings. The molecule has 1 N–H and O–H groups in total. The minimum Gasteiger partial charge on any atom is -0.348 e. The van der Waals surface area contributed by atoms with E-state index in [-0.39, 0.29) is 17.8 Å². The maximum absolute atomic E-state index is 13.3. The van der Waals surface area contributed by atoms with Gasteiger partial charge in [-0.05, 0) is 49.7 Å². The fourth-order valence-corrected chi connectivity index (χ4v) is 2.75. The van der Waals surface area contributed by atoms with E-state index in [9.17, 15) is 9.18 Å². The van der Waals surface area contributed by atoms with E-state index in [1.54, 1.807) is 24.3 Å². The predicted molar refractivity (Wildman–Crippen MR) is 101 cm³/mol. The molecule has 0 spiro atoms. The van der Waals surface area contributed by atoms with Gasteiger partial charge in [0.05, 0.1) is 16.4 Å². The van der Waals surface area contributed by atoms with Crippen LogP contribution in [0, 0.1) is 5.82 Å². The Bertz CT molecular complexity index is 921. The van der Waals surface area contributed by atoms with Gasteiger partial charge < -0.3 is 5.32 Å². The number of nitrogens with zero attached hydrogens (tertiary/aromatic N) is 2. The molecule has 0 radical (unpaired) electrons. The van der Waals surface area contributed by atoms with E-state index in [1.807, 2.05) is 32.0 Å². The average Bonchev–Trinajstić information content (AvgIpc) is 3.08. The Morgan fingerprint density at radius 1 is 1.23 bits per heavy atom. The topological polar surface area (TPSA) is 46.9 Å². The highest BCUT2D eigenvalue weighted by Gasteiger charge is 2.19. The SMILES string of the molecule is CC[C@H](C)NC(=O)c1cc(-c2ccccc2Cl)nn1-c1ccc(F)cc1. The van der Waals surface area contributed by atoms with E-state index in [0.717, 1.165) is 12.0 Å². The Labute approximate surface area is 156 Å². The van der Waals surface area contributed by atoms with Crippen molar-refractivity contribution in [2.75, 3.05) is 0 Å². The van der Waals surface area contributed by atoms with Crippen LogP contribution < -0.4 is 5.32 Å². The van der Waals surface area contributed by atoms with Gasteiger partial charge in [-0.1, -0.05) is 36.7 Å². The molecule has 4 nitrogen and oxygen atoms in total. The minimum absolute atomic E-state index is 0.0304. The van der Waals surface area contributed by atoms with Crippen LogP contribution in [-0.2, 0) is 0 Å². The van der Waals surface area contributed by atoms with Crippen molar-refractivity contribution in [2.45, 2.75) is 26.3 Å². The molecule has 1 aromatic heterocycles. The van der Waals surface area contributed by atoms with Crippen LogP contribution >= 0.6 is 11.6 Å². The van der Waals surface area contributed by atoms with Crippen LogP contribution in [0.15, 0.2) is 54.6 Å². The quantitative estimate of drug-likeness (QED) is 0.696. The minimum atomic E-state index is -0.349. The summed E-state index contributed by atoms with van der Waals surface area (Å²) in [7, 11) is 0. The Hall–Kier alpha value is -2.66. The first-order valence-electron chi connectivity index (χ1n) is 8.41. The van der Waals surface area contributed by atoms with Gasteiger partial charge in [0, 0.05) is 11.6 Å². The van der Waals surface area contributed by atoms with Gasteiger partial charge in [0.2, 0.25) is 0 Å². The lowest BCUT2D eigenvalue weighted by atomic mass is 10.1. The van der Waals surface area contributed by atoms with Crippen LogP contribution in [0.5, 0.6) is 0 Å². The molecule has 0 saturated heterocycles. The van der Waals surface area contributed by atoms with Gasteiger partial charge in [0.1, 0.15) is 11.5 Å². The number of nitrogens with one attached hydrogen (secondary N) is 1. The molecule has 1 heterocycles. The Morgan fingerprint density at radius 3 is 2.58 bits per heavy atom. The maximum atomic E-state index is 13.3. The van der Waals surface area contributed by atoms with Crippen molar-refractivity contribution >= 4 is 17.5 Å². The van der Waals surface area contributed by atoms with Crippen LogP contribution in [-0.4, -0.2) is 21.7 Å². The van der Waals surface area contributed by atoms with Crippen LogP contribution in [0.1, 0.15) is 30.8 Å². The molecule has 26 heavy (non-hydrogen) atoms. The predicted octanol–water partition coefficient (Wildman–Crippen LogP) is 4.86. The molecular formula is C20H19ClFN3O. The van der Waals surface area contributed by atoms with Crippen molar-refractivity contribution in [1.82, 2.24) is 15.1 Å². The van der Waals surface area contributed by atoms with Crippen molar-refractivity contribution in [3.63, 3.8) is 0 Å². The third-order valence-electron chi connectivity index (χ3n) is 4.15. The summed E-state index contributed by atoms with van der Waals surface area (Å²) in [5, 5.41) is 8.03. The fourth-order valence-electron chi connectivity index (χ4n) is 2.52. The van der Waals surface area contributed by atoms with Gasteiger partial charge in [-0.3, -0.25) is 4.79 Å². The summed E-state index contributed by atoms with van der Waals surface area (Å²) in [6.45, 7) is 3.93. The summed E-state index contributed by atoms with van der Waals surface area (Å²) in [5.41, 5.74) is 2.27. The summed E-state index contributed by atoms with van der Waals surface area (Å²) in [6.07, 6.45) is 0.813. The first kappa shape index (κ1) is 18.1. The lowest BCUT2D eigenvalue weighted by Crippen LogP contribution is -2.33. The van der Waals surface area contributed by atoms with E-state index in [4.69, 9.17) is 11.6 Å². The largest absolute Gasteiger partial charge is 0.348 e. The molecule has 1 atom stereocenters. The second-order valence-corrected chi connectivity index (χ2v) is 6.47. The molecular weight excluding hydrogens is 353 g/mol. The number of benzene rings is 2. The van der Waals surface area contributed by atoms with Gasteiger partial charge in [-0.15, -0.1) is 0 Å². The Morgan fingerprint density at radius 2 is 1.92 bits per heavy atom. The van der Waals surface area contributed by atoms with Crippen molar-refractivity contribution < 1.29 is 9.18 Å². The standard InChI is InChI=1S/C20H19ClFN3O/c1-3-13(2)23-20(26)19-12-18(16-6-4-5-7-17(16)21)24-25(19)15-10-8-14(22)9-11-15/h4-13H,3H2,1-2H3,(H,23,26)/t13-/m0/s1. The zero-order valence-corrected chi connectivity index (χ0v) is 15.3. The van der Waals surface area contributed by atoms with E-state index in [0.29, 0.717) is 22.1 Å². The van der Waals surface area contributed by atoms with Gasteiger partial charge in [-0.25, -0.2) is 9.07 Å². The third kappa shape index (κ3) is 3.78. The van der Waals surface area contributed by atoms with Gasteiger partial charge in [0.15, 0.2) is 0 Å². The first-order chi connectivity index (χ1) is 12.5. The van der Waals surface area contributed by atoms with Crippen molar-refractivity contribution in [1.29, 1.82) is 0 Å². The highest BCUT2D eigenvalue weighted by molar-refractivity contribution is 6.33. The summed E-state index contributed by atoms with van der Waals surface area (Å²) in [4.78, 5) is 12.7. The number of halogens is 2. The molecule has 3 aromatic rings. The Kier molecular flexibility index (Phi) is 5.38. The second kappa shape index (κ2) is 7.70. The van der Waals surface area contributed by atoms with E-state index < -0.39 is 0 Å². The molecule has 0 aliphatic carbocycles. The average molecular weight is 372 g/mol. The number of aromatic nitrogens is 2. The molecule has 3 rings (SSSR count). The second-order valence-electron chi connectivity index (χ2n) is 6.07. The normalized spacial score (nSPS) is 12.0. The molecule has 6 heteroatoms. The summed E-state index contributed by atoms with van der Waals surface area (Å²) in [6, 6.07) is 14.9. The lowest BCUT2D eigenvalue weighted by molar-refractivity contribution is 0.0931. The molecule has 0 bridgehead atoms. The third-order valence-corrected chi connectivity index (χ3v) is 4.48. The highest BCUT2D eigenvalue weighted by Crippen LogP contribution is 2.28. The zero-order chi connectivity index (χ0) is 18.7. The van der Waals surface area contributed by atoms with Crippen molar-refractivity contribution in [3.05, 3.63) is 71.1 Å². The summed E-state index contributed by atoms with van der Waals surface area (Å²) >= 11 is 6.27. The smallest absolute Gasteiger partial charge is 0.270 e. The molecule has 0 unspecified atom stereocenters. The van der Waals surface area contributed by atoms with E-state index in [2.05, 4.69) is 10.4 Å². The van der Waals surface area contributed by atoms with Gasteiger partial charge in [-0.2, -0.15) is 5.10 Å². The number of hydrogen-bond acceptors (Lipinski definition) is 2. The Balaban J connectivity index is 2.10. The zero-order valence-electron chi connectivity index (χ0n) is 14.5. The first-order valence-corrected chi connectivity index (χ1v) is 8.79. The molecule has 1 amide bonds. The number of carbonyl (C=O) groups excluding carboxylic acids is 1. The highest BCUT2D eigenvalue weighted by atomic mass is 35.5. The maximum Gasteiger partial charge on any atom is 0.270 e. The number of rotatable bonds is 5. The number of carbonyl (C=O) groups is 1. The molecule has 0 aliphatic heterocycles. The van der Waals surface area contributed by atoms with Crippen molar-refractivity contribution in [2.24, 2.45) is 0 Å². The van der Waals surface area contributed by atoms with Crippen LogP contribution in [0.2, 0.25) is 5.02 Å². The molecule has 0 aliphatic rings. The van der Waals surface area contributed by atoms with Crippen LogP contribution in [0.4, 0.5) is 4.39 Å². The summed E-state index contributed by atoms with van der Waals surface area (Å²) < 4.78 is 14.8.